The number of hydrogen-bond donors (Lipinski definition) is 1. The van der Waals surface area contributed by atoms with Gasteiger partial charge in [-0.3, -0.25) is 24.0 Å². The highest BCUT2D eigenvalue weighted by atomic mass is 16.7. The van der Waals surface area contributed by atoms with Gasteiger partial charge in [-0.05, 0) is 6.92 Å². The van der Waals surface area contributed by atoms with Crippen LogP contribution in [0.2, 0.25) is 0 Å². The zero-order valence-electron chi connectivity index (χ0n) is 20.7. The molecule has 0 amide bonds. The van der Waals surface area contributed by atoms with E-state index in [0.29, 0.717) is 0 Å². The van der Waals surface area contributed by atoms with E-state index in [2.05, 4.69) is 0 Å². The van der Waals surface area contributed by atoms with Gasteiger partial charge in [-0.15, -0.1) is 0 Å². The lowest BCUT2D eigenvalue weighted by Crippen LogP contribution is -2.63. The number of benzene rings is 1. The van der Waals surface area contributed by atoms with Crippen LogP contribution in [0.4, 0.5) is 0 Å². The summed E-state index contributed by atoms with van der Waals surface area (Å²) in [5, 5.41) is 10.3. The predicted molar refractivity (Wildman–Crippen MR) is 121 cm³/mol. The van der Waals surface area contributed by atoms with Crippen LogP contribution in [0.25, 0.3) is 11.0 Å². The minimum Gasteiger partial charge on any atom is -0.507 e. The van der Waals surface area contributed by atoms with Gasteiger partial charge in [0, 0.05) is 45.9 Å². The molecular weight excluding hydrogens is 496 g/mol. The van der Waals surface area contributed by atoms with E-state index in [1.165, 1.54) is 12.1 Å². The first-order valence-corrected chi connectivity index (χ1v) is 11.1. The van der Waals surface area contributed by atoms with Gasteiger partial charge in [-0.2, -0.15) is 0 Å². The maximum atomic E-state index is 12.3. The molecule has 1 aliphatic heterocycles. The summed E-state index contributed by atoms with van der Waals surface area (Å²) in [5.41, 5.74) is -0.472. The molecule has 37 heavy (non-hydrogen) atoms. The van der Waals surface area contributed by atoms with Crippen molar-refractivity contribution in [3.05, 3.63) is 34.2 Å². The van der Waals surface area contributed by atoms with E-state index in [1.807, 2.05) is 0 Å². The van der Waals surface area contributed by atoms with E-state index in [4.69, 9.17) is 32.8 Å². The monoisotopic (exact) mass is 522 g/mol. The standard InChI is InChI=1S/C24H26O13/c1-10-6-16(29)20-17(30)7-15(8-18(20)32-10)36-24-23(35-14(5)28)22(34-13(4)27)21(33-12(3)26)19(37-24)9-31-11(2)25/h6-8,19,21-24,30H,9H2,1-5H3/t19-,21-,22+,23-,24-/m1/s1. The molecule has 1 aliphatic rings. The van der Waals surface area contributed by atoms with E-state index in [1.54, 1.807) is 6.92 Å². The summed E-state index contributed by atoms with van der Waals surface area (Å²) >= 11 is 0. The molecule has 2 aromatic rings. The molecule has 3 rings (SSSR count). The Kier molecular flexibility index (Phi) is 8.38. The van der Waals surface area contributed by atoms with Gasteiger partial charge in [0.2, 0.25) is 12.4 Å². The Morgan fingerprint density at radius 1 is 0.865 bits per heavy atom. The van der Waals surface area contributed by atoms with Crippen LogP contribution in [0.3, 0.4) is 0 Å². The summed E-state index contributed by atoms with van der Waals surface area (Å²) in [6, 6.07) is 3.63. The first kappa shape index (κ1) is 27.5. The summed E-state index contributed by atoms with van der Waals surface area (Å²) in [4.78, 5) is 59.4. The molecule has 5 atom stereocenters. The Balaban J connectivity index is 2.06. The Morgan fingerprint density at radius 2 is 1.46 bits per heavy atom. The molecule has 0 aliphatic carbocycles. The van der Waals surface area contributed by atoms with Crippen LogP contribution < -0.4 is 10.2 Å². The van der Waals surface area contributed by atoms with Crippen LogP contribution in [0, 0.1) is 6.92 Å². The van der Waals surface area contributed by atoms with Gasteiger partial charge >= 0.3 is 23.9 Å². The molecule has 0 bridgehead atoms. The summed E-state index contributed by atoms with van der Waals surface area (Å²) in [6.07, 6.45) is -6.99. The largest absolute Gasteiger partial charge is 0.507 e. The Bertz CT molecular complexity index is 1260. The predicted octanol–water partition coefficient (Wildman–Crippen LogP) is 1.27. The van der Waals surface area contributed by atoms with Crippen molar-refractivity contribution in [1.29, 1.82) is 0 Å². The average Bonchev–Trinajstić information content (AvgIpc) is 2.74. The molecule has 1 aromatic heterocycles. The van der Waals surface area contributed by atoms with Gasteiger partial charge in [0.25, 0.3) is 0 Å². The van der Waals surface area contributed by atoms with Crippen LogP contribution >= 0.6 is 0 Å². The molecule has 1 aromatic carbocycles. The lowest BCUT2D eigenvalue weighted by molar-refractivity contribution is -0.288. The SMILES string of the molecule is CC(=O)OC[C@H]1O[C@@H](Oc2cc(O)c3c(=O)cc(C)oc3c2)[C@H](OC(C)=O)[C@@H](OC(C)=O)[C@@H]1OC(C)=O. The summed E-state index contributed by atoms with van der Waals surface area (Å²) < 4.78 is 38.2. The second kappa shape index (κ2) is 11.3. The van der Waals surface area contributed by atoms with Crippen LogP contribution in [0.1, 0.15) is 33.5 Å². The van der Waals surface area contributed by atoms with E-state index >= 15 is 0 Å². The Hall–Kier alpha value is -4.13. The van der Waals surface area contributed by atoms with E-state index in [9.17, 15) is 29.1 Å². The molecule has 2 heterocycles. The molecule has 1 fully saturated rings. The second-order valence-corrected chi connectivity index (χ2v) is 8.22. The van der Waals surface area contributed by atoms with Gasteiger partial charge in [0.15, 0.2) is 17.6 Å². The Labute approximate surface area is 210 Å². The molecule has 0 unspecified atom stereocenters. The first-order chi connectivity index (χ1) is 17.3. The number of phenolic OH excluding ortho intramolecular Hbond substituents is 1. The lowest BCUT2D eigenvalue weighted by Gasteiger charge is -2.43. The van der Waals surface area contributed by atoms with Crippen molar-refractivity contribution in [1.82, 2.24) is 0 Å². The highest BCUT2D eigenvalue weighted by molar-refractivity contribution is 5.84. The van der Waals surface area contributed by atoms with Crippen molar-refractivity contribution in [2.75, 3.05) is 6.61 Å². The average molecular weight is 522 g/mol. The number of carbonyl (C=O) groups excluding carboxylic acids is 4. The number of hydrogen-bond acceptors (Lipinski definition) is 13. The fourth-order valence-electron chi connectivity index (χ4n) is 3.85. The van der Waals surface area contributed by atoms with Crippen LogP contribution in [-0.2, 0) is 42.9 Å². The van der Waals surface area contributed by atoms with E-state index < -0.39 is 72.4 Å². The van der Waals surface area contributed by atoms with Crippen molar-refractivity contribution >= 4 is 34.8 Å². The van der Waals surface area contributed by atoms with Crippen molar-refractivity contribution in [3.63, 3.8) is 0 Å². The number of carbonyl (C=O) groups is 4. The van der Waals surface area contributed by atoms with Crippen molar-refractivity contribution in [2.24, 2.45) is 0 Å². The number of ether oxygens (including phenoxy) is 6. The fraction of sp³-hybridized carbons (Fsp3) is 0.458. The number of phenols is 1. The summed E-state index contributed by atoms with van der Waals surface area (Å²) in [5.74, 6) is -3.29. The number of aromatic hydroxyl groups is 1. The quantitative estimate of drug-likeness (QED) is 0.407. The number of fused-ring (bicyclic) bond motifs is 1. The number of aryl methyl sites for hydroxylation is 1. The lowest BCUT2D eigenvalue weighted by atomic mass is 9.98. The zero-order valence-corrected chi connectivity index (χ0v) is 20.7. The van der Waals surface area contributed by atoms with Crippen LogP contribution in [0.5, 0.6) is 11.5 Å². The first-order valence-electron chi connectivity index (χ1n) is 11.1. The third-order valence-corrected chi connectivity index (χ3v) is 5.11. The maximum Gasteiger partial charge on any atom is 0.303 e. The third-order valence-electron chi connectivity index (χ3n) is 5.11. The summed E-state index contributed by atoms with van der Waals surface area (Å²) in [7, 11) is 0. The van der Waals surface area contributed by atoms with Gasteiger partial charge in [-0.1, -0.05) is 0 Å². The molecule has 13 nitrogen and oxygen atoms in total. The molecule has 1 saturated heterocycles. The molecule has 0 radical (unpaired) electrons. The van der Waals surface area contributed by atoms with E-state index in [-0.39, 0.29) is 22.5 Å². The minimum absolute atomic E-state index is 0.00522. The van der Waals surface area contributed by atoms with Gasteiger partial charge in [0.05, 0.1) is 0 Å². The molecule has 200 valence electrons. The van der Waals surface area contributed by atoms with Crippen molar-refractivity contribution < 1.29 is 57.1 Å². The van der Waals surface area contributed by atoms with Crippen LogP contribution in [-0.4, -0.2) is 66.3 Å². The zero-order chi connectivity index (χ0) is 27.4. The molecular formula is C24H26O13. The van der Waals surface area contributed by atoms with Crippen molar-refractivity contribution in [2.45, 2.75) is 65.3 Å². The second-order valence-electron chi connectivity index (χ2n) is 8.22. The number of esters is 4. The molecule has 0 spiro atoms. The molecule has 1 N–H and O–H groups in total. The topological polar surface area (TPSA) is 174 Å². The normalized spacial score (nSPS) is 23.1. The van der Waals surface area contributed by atoms with Crippen LogP contribution in [0.15, 0.2) is 27.4 Å². The molecule has 0 saturated carbocycles. The third kappa shape index (κ3) is 6.76. The summed E-state index contributed by atoms with van der Waals surface area (Å²) in [6.45, 7) is 5.54. The highest BCUT2D eigenvalue weighted by Gasteiger charge is 2.53. The Morgan fingerprint density at radius 3 is 2.05 bits per heavy atom. The number of rotatable bonds is 7. The van der Waals surface area contributed by atoms with Gasteiger partial charge < -0.3 is 37.9 Å². The fourth-order valence-corrected chi connectivity index (χ4v) is 3.85. The van der Waals surface area contributed by atoms with E-state index in [0.717, 1.165) is 33.8 Å². The maximum absolute atomic E-state index is 12.3. The smallest absolute Gasteiger partial charge is 0.303 e. The van der Waals surface area contributed by atoms with Crippen molar-refractivity contribution in [3.8, 4) is 11.5 Å². The minimum atomic E-state index is -1.52. The van der Waals surface area contributed by atoms with Gasteiger partial charge in [0.1, 0.15) is 40.9 Å². The molecule has 13 heteroatoms. The highest BCUT2D eigenvalue weighted by Crippen LogP contribution is 2.34. The van der Waals surface area contributed by atoms with Gasteiger partial charge in [-0.25, -0.2) is 0 Å².